The number of methoxy groups -OCH3 is 1. The van der Waals surface area contributed by atoms with Crippen molar-refractivity contribution < 1.29 is 22.7 Å². The van der Waals surface area contributed by atoms with E-state index in [9.17, 15) is 18.0 Å². The lowest BCUT2D eigenvalue weighted by molar-refractivity contribution is -0.123. The highest BCUT2D eigenvalue weighted by atomic mass is 79.9. The maximum absolute atomic E-state index is 12.9. The summed E-state index contributed by atoms with van der Waals surface area (Å²) in [6.45, 7) is 1.53. The van der Waals surface area contributed by atoms with Crippen LogP contribution in [-0.4, -0.2) is 27.5 Å². The number of carbonyl (C=O) groups is 2. The van der Waals surface area contributed by atoms with Crippen molar-refractivity contribution in [1.29, 1.82) is 0 Å². The highest BCUT2D eigenvalue weighted by molar-refractivity contribution is 9.10. The number of halogens is 2. The molecule has 3 amide bonds. The van der Waals surface area contributed by atoms with Crippen LogP contribution < -0.4 is 20.1 Å². The molecular weight excluding hydrogens is 474 g/mol. The summed E-state index contributed by atoms with van der Waals surface area (Å²) < 4.78 is 33.8. The fraction of sp³-hybridized carbons (Fsp3) is 0.176. The van der Waals surface area contributed by atoms with Gasteiger partial charge in [-0.3, -0.25) is 14.8 Å². The zero-order chi connectivity index (χ0) is 20.7. The number of sulfonamides is 1. The molecular formula is C17H15BrClN3O5S. The van der Waals surface area contributed by atoms with Crippen molar-refractivity contribution in [2.45, 2.75) is 17.4 Å². The van der Waals surface area contributed by atoms with E-state index in [0.717, 1.165) is 0 Å². The van der Waals surface area contributed by atoms with Crippen LogP contribution in [0.3, 0.4) is 0 Å². The van der Waals surface area contributed by atoms with Gasteiger partial charge in [-0.05, 0) is 52.7 Å². The van der Waals surface area contributed by atoms with Crippen molar-refractivity contribution >= 4 is 55.2 Å². The summed E-state index contributed by atoms with van der Waals surface area (Å²) in [5.74, 6) is -0.430. The minimum absolute atomic E-state index is 0.0995. The normalized spacial score (nSPS) is 19.1. The zero-order valence-electron chi connectivity index (χ0n) is 14.7. The summed E-state index contributed by atoms with van der Waals surface area (Å²) >= 11 is 9.21. The van der Waals surface area contributed by atoms with Crippen LogP contribution in [0, 0.1) is 0 Å². The molecule has 3 N–H and O–H groups in total. The molecule has 1 aliphatic rings. The number of amides is 3. The molecule has 11 heteroatoms. The molecule has 0 spiro atoms. The van der Waals surface area contributed by atoms with E-state index in [0.29, 0.717) is 10.0 Å². The van der Waals surface area contributed by atoms with Crippen LogP contribution in [0.5, 0.6) is 5.75 Å². The Labute approximate surface area is 174 Å². The van der Waals surface area contributed by atoms with E-state index in [1.165, 1.54) is 38.3 Å². The summed E-state index contributed by atoms with van der Waals surface area (Å²) in [6.07, 6.45) is 0. The number of rotatable bonds is 5. The second-order valence-corrected chi connectivity index (χ2v) is 9.08. The van der Waals surface area contributed by atoms with E-state index >= 15 is 0 Å². The molecule has 1 fully saturated rings. The Balaban J connectivity index is 1.99. The topological polar surface area (TPSA) is 114 Å². The number of ether oxygens (including phenoxy) is 1. The van der Waals surface area contributed by atoms with E-state index in [2.05, 4.69) is 31.3 Å². The van der Waals surface area contributed by atoms with Crippen LogP contribution in [0.2, 0.25) is 5.02 Å². The molecule has 1 aliphatic heterocycles. The van der Waals surface area contributed by atoms with Gasteiger partial charge in [-0.2, -0.15) is 0 Å². The smallest absolute Gasteiger partial charge is 0.322 e. The Hall–Kier alpha value is -2.30. The standard InChI is InChI=1S/C17H15BrClN3O5S/c1-17(15(23)20-16(24)21-17)9-4-3-5-11(6-9)22-28(25,26)13-8-10(19)7-12(18)14(13)27-2/h3-8,22H,1-2H3,(H2,20,21,23,24). The first-order chi connectivity index (χ1) is 13.1. The van der Waals surface area contributed by atoms with Crippen LogP contribution in [-0.2, 0) is 20.4 Å². The number of urea groups is 1. The number of hydrogen-bond acceptors (Lipinski definition) is 5. The van der Waals surface area contributed by atoms with Crippen molar-refractivity contribution in [3.05, 3.63) is 51.5 Å². The van der Waals surface area contributed by atoms with Crippen LogP contribution in [0.4, 0.5) is 10.5 Å². The molecule has 1 saturated heterocycles. The predicted octanol–water partition coefficient (Wildman–Crippen LogP) is 2.97. The summed E-state index contributed by atoms with van der Waals surface area (Å²) in [7, 11) is -2.72. The lowest BCUT2D eigenvalue weighted by Crippen LogP contribution is -2.40. The Morgan fingerprint density at radius 1 is 1.21 bits per heavy atom. The van der Waals surface area contributed by atoms with Crippen molar-refractivity contribution in [3.63, 3.8) is 0 Å². The van der Waals surface area contributed by atoms with E-state index in [1.807, 2.05) is 0 Å². The van der Waals surface area contributed by atoms with Gasteiger partial charge in [-0.15, -0.1) is 0 Å². The van der Waals surface area contributed by atoms with Crippen molar-refractivity contribution in [2.75, 3.05) is 11.8 Å². The first-order valence-corrected chi connectivity index (χ1v) is 10.5. The van der Waals surface area contributed by atoms with Crippen LogP contribution >= 0.6 is 27.5 Å². The number of benzene rings is 2. The lowest BCUT2D eigenvalue weighted by atomic mass is 9.92. The SMILES string of the molecule is COc1c(Br)cc(Cl)cc1S(=O)(=O)Nc1cccc(C2(C)NC(=O)NC2=O)c1. The minimum atomic E-state index is -4.06. The summed E-state index contributed by atoms with van der Waals surface area (Å²) in [5, 5.41) is 4.90. The monoisotopic (exact) mass is 487 g/mol. The molecule has 148 valence electrons. The largest absolute Gasteiger partial charge is 0.494 e. The molecule has 1 unspecified atom stereocenters. The molecule has 0 saturated carbocycles. The average Bonchev–Trinajstić information content (AvgIpc) is 2.87. The minimum Gasteiger partial charge on any atom is -0.494 e. The Morgan fingerprint density at radius 2 is 1.93 bits per heavy atom. The molecule has 2 aromatic rings. The van der Waals surface area contributed by atoms with E-state index < -0.39 is 27.5 Å². The summed E-state index contributed by atoms with van der Waals surface area (Å²) in [5.41, 5.74) is -0.698. The predicted molar refractivity (Wildman–Crippen MR) is 107 cm³/mol. The van der Waals surface area contributed by atoms with Crippen LogP contribution in [0.25, 0.3) is 0 Å². The summed E-state index contributed by atoms with van der Waals surface area (Å²) in [6, 6.07) is 8.33. The second kappa shape index (κ2) is 7.26. The van der Waals surface area contributed by atoms with E-state index in [-0.39, 0.29) is 21.4 Å². The first kappa shape index (κ1) is 20.4. The van der Waals surface area contributed by atoms with Crippen molar-refractivity contribution in [2.24, 2.45) is 0 Å². The molecule has 0 radical (unpaired) electrons. The van der Waals surface area contributed by atoms with Gasteiger partial charge in [0.15, 0.2) is 5.75 Å². The molecule has 2 aromatic carbocycles. The van der Waals surface area contributed by atoms with E-state index in [4.69, 9.17) is 16.3 Å². The second-order valence-electron chi connectivity index (χ2n) is 6.14. The van der Waals surface area contributed by atoms with Gasteiger partial charge in [0.2, 0.25) is 0 Å². The van der Waals surface area contributed by atoms with Gasteiger partial charge in [-0.25, -0.2) is 13.2 Å². The molecule has 0 bridgehead atoms. The van der Waals surface area contributed by atoms with E-state index in [1.54, 1.807) is 12.1 Å². The van der Waals surface area contributed by atoms with Gasteiger partial charge in [-0.1, -0.05) is 23.7 Å². The Kier molecular flexibility index (Phi) is 5.30. The Morgan fingerprint density at radius 3 is 2.54 bits per heavy atom. The number of imide groups is 1. The average molecular weight is 489 g/mol. The molecule has 1 heterocycles. The number of carbonyl (C=O) groups excluding carboxylic acids is 2. The molecule has 3 rings (SSSR count). The highest BCUT2D eigenvalue weighted by Gasteiger charge is 2.43. The maximum atomic E-state index is 12.9. The molecule has 0 aliphatic carbocycles. The number of nitrogens with one attached hydrogen (secondary N) is 3. The van der Waals surface area contributed by atoms with Crippen LogP contribution in [0.1, 0.15) is 12.5 Å². The van der Waals surface area contributed by atoms with Gasteiger partial charge < -0.3 is 10.1 Å². The zero-order valence-corrected chi connectivity index (χ0v) is 17.8. The lowest BCUT2D eigenvalue weighted by Gasteiger charge is -2.22. The third-order valence-electron chi connectivity index (χ3n) is 4.20. The molecule has 1 atom stereocenters. The van der Waals surface area contributed by atoms with Crippen LogP contribution in [0.15, 0.2) is 45.8 Å². The third kappa shape index (κ3) is 3.67. The van der Waals surface area contributed by atoms with Crippen molar-refractivity contribution in [1.82, 2.24) is 10.6 Å². The summed E-state index contributed by atoms with van der Waals surface area (Å²) in [4.78, 5) is 23.4. The van der Waals surface area contributed by atoms with Gasteiger partial charge >= 0.3 is 6.03 Å². The van der Waals surface area contributed by atoms with Gasteiger partial charge in [0.05, 0.1) is 11.6 Å². The quantitative estimate of drug-likeness (QED) is 0.560. The molecule has 8 nitrogen and oxygen atoms in total. The van der Waals surface area contributed by atoms with Gasteiger partial charge in [0.1, 0.15) is 10.4 Å². The van der Waals surface area contributed by atoms with Crippen molar-refractivity contribution in [3.8, 4) is 5.75 Å². The first-order valence-electron chi connectivity index (χ1n) is 7.87. The third-order valence-corrected chi connectivity index (χ3v) is 6.40. The number of anilines is 1. The van der Waals surface area contributed by atoms with Gasteiger partial charge in [0, 0.05) is 10.7 Å². The molecule has 28 heavy (non-hydrogen) atoms. The molecule has 0 aromatic heterocycles. The fourth-order valence-electron chi connectivity index (χ4n) is 2.78. The fourth-order valence-corrected chi connectivity index (χ4v) is 5.22. The Bertz CT molecular complexity index is 1090. The maximum Gasteiger partial charge on any atom is 0.322 e. The highest BCUT2D eigenvalue weighted by Crippen LogP contribution is 2.36. The number of hydrogen-bond donors (Lipinski definition) is 3. The van der Waals surface area contributed by atoms with Gasteiger partial charge in [0.25, 0.3) is 15.9 Å².